The van der Waals surface area contributed by atoms with Gasteiger partial charge in [-0.1, -0.05) is 18.2 Å². The second kappa shape index (κ2) is 6.44. The molecule has 3 N–H and O–H groups in total. The molecule has 114 valence electrons. The Morgan fingerprint density at radius 3 is 2.86 bits per heavy atom. The van der Waals surface area contributed by atoms with E-state index in [4.69, 9.17) is 0 Å². The number of pyridine rings is 1. The SMILES string of the molecule is Cc1ccc(O)c(CNCC(O)c2cc3ccccc3s2)n1. The first-order valence-corrected chi connectivity index (χ1v) is 7.98. The topological polar surface area (TPSA) is 65.4 Å². The second-order valence-electron chi connectivity index (χ2n) is 5.25. The molecule has 1 unspecified atom stereocenters. The first kappa shape index (κ1) is 15.0. The van der Waals surface area contributed by atoms with E-state index in [0.29, 0.717) is 18.8 Å². The van der Waals surface area contributed by atoms with Gasteiger partial charge in [0.05, 0.1) is 5.69 Å². The van der Waals surface area contributed by atoms with Crippen LogP contribution in [0.5, 0.6) is 5.75 Å². The number of aliphatic hydroxyl groups is 1. The molecule has 3 aromatic rings. The van der Waals surface area contributed by atoms with Gasteiger partial charge in [0.1, 0.15) is 11.9 Å². The molecule has 0 fully saturated rings. The molecule has 0 aliphatic rings. The highest BCUT2D eigenvalue weighted by Crippen LogP contribution is 2.29. The molecule has 5 heteroatoms. The summed E-state index contributed by atoms with van der Waals surface area (Å²) < 4.78 is 1.18. The Bertz CT molecular complexity index is 752. The molecular formula is C17H18N2O2S. The molecule has 1 aromatic carbocycles. The van der Waals surface area contributed by atoms with Crippen molar-refractivity contribution in [3.63, 3.8) is 0 Å². The fourth-order valence-corrected chi connectivity index (χ4v) is 3.38. The summed E-state index contributed by atoms with van der Waals surface area (Å²) >= 11 is 1.60. The summed E-state index contributed by atoms with van der Waals surface area (Å²) in [6, 6.07) is 13.5. The van der Waals surface area contributed by atoms with Gasteiger partial charge in [-0.15, -0.1) is 11.3 Å². The fraction of sp³-hybridized carbons (Fsp3) is 0.235. The maximum atomic E-state index is 10.3. The first-order chi connectivity index (χ1) is 10.6. The summed E-state index contributed by atoms with van der Waals surface area (Å²) in [5.74, 6) is 0.175. The molecule has 0 radical (unpaired) electrons. The van der Waals surface area contributed by atoms with E-state index in [9.17, 15) is 10.2 Å². The number of nitrogens with one attached hydrogen (secondary N) is 1. The minimum atomic E-state index is -0.565. The molecular weight excluding hydrogens is 296 g/mol. The summed E-state index contributed by atoms with van der Waals surface area (Å²) in [5.41, 5.74) is 1.46. The summed E-state index contributed by atoms with van der Waals surface area (Å²) in [6.07, 6.45) is -0.565. The van der Waals surface area contributed by atoms with Crippen molar-refractivity contribution >= 4 is 21.4 Å². The molecule has 2 heterocycles. The van der Waals surface area contributed by atoms with Gasteiger partial charge in [-0.25, -0.2) is 0 Å². The average molecular weight is 314 g/mol. The predicted octanol–water partition coefficient (Wildman–Crippen LogP) is 3.13. The van der Waals surface area contributed by atoms with Crippen LogP contribution in [0, 0.1) is 6.92 Å². The molecule has 0 amide bonds. The van der Waals surface area contributed by atoms with Crippen molar-refractivity contribution in [3.8, 4) is 5.75 Å². The number of hydrogen-bond donors (Lipinski definition) is 3. The van der Waals surface area contributed by atoms with E-state index in [0.717, 1.165) is 16.0 Å². The Morgan fingerprint density at radius 1 is 1.23 bits per heavy atom. The van der Waals surface area contributed by atoms with Crippen LogP contribution in [-0.2, 0) is 6.54 Å². The number of thiophene rings is 1. The van der Waals surface area contributed by atoms with Crippen molar-refractivity contribution in [1.29, 1.82) is 0 Å². The zero-order chi connectivity index (χ0) is 15.5. The molecule has 3 rings (SSSR count). The number of aromatic hydroxyl groups is 1. The number of benzene rings is 1. The lowest BCUT2D eigenvalue weighted by molar-refractivity contribution is 0.178. The van der Waals surface area contributed by atoms with Crippen LogP contribution in [-0.4, -0.2) is 21.7 Å². The van der Waals surface area contributed by atoms with Crippen molar-refractivity contribution in [2.75, 3.05) is 6.54 Å². The van der Waals surface area contributed by atoms with E-state index in [1.807, 2.05) is 31.2 Å². The lowest BCUT2D eigenvalue weighted by Gasteiger charge is -2.10. The Hall–Kier alpha value is -1.95. The zero-order valence-electron chi connectivity index (χ0n) is 12.3. The third-order valence-electron chi connectivity index (χ3n) is 3.49. The summed E-state index contributed by atoms with van der Waals surface area (Å²) in [5, 5.41) is 24.3. The molecule has 22 heavy (non-hydrogen) atoms. The zero-order valence-corrected chi connectivity index (χ0v) is 13.1. The summed E-state index contributed by atoms with van der Waals surface area (Å²) in [4.78, 5) is 5.23. The van der Waals surface area contributed by atoms with Gasteiger partial charge in [0.15, 0.2) is 0 Å². The van der Waals surface area contributed by atoms with Crippen LogP contribution in [0.2, 0.25) is 0 Å². The van der Waals surface area contributed by atoms with Gasteiger partial charge in [0.2, 0.25) is 0 Å². The van der Waals surface area contributed by atoms with Crippen molar-refractivity contribution in [3.05, 3.63) is 58.7 Å². The number of nitrogens with zero attached hydrogens (tertiary/aromatic N) is 1. The molecule has 1 atom stereocenters. The van der Waals surface area contributed by atoms with Crippen LogP contribution >= 0.6 is 11.3 Å². The van der Waals surface area contributed by atoms with Gasteiger partial charge in [-0.2, -0.15) is 0 Å². The molecule has 0 saturated heterocycles. The highest BCUT2D eigenvalue weighted by Gasteiger charge is 2.11. The van der Waals surface area contributed by atoms with Gasteiger partial charge in [-0.05, 0) is 36.6 Å². The van der Waals surface area contributed by atoms with Crippen LogP contribution in [0.3, 0.4) is 0 Å². The third-order valence-corrected chi connectivity index (χ3v) is 4.71. The largest absolute Gasteiger partial charge is 0.506 e. The van der Waals surface area contributed by atoms with Crippen LogP contribution < -0.4 is 5.32 Å². The maximum Gasteiger partial charge on any atom is 0.138 e. The highest BCUT2D eigenvalue weighted by atomic mass is 32.1. The molecule has 2 aromatic heterocycles. The van der Waals surface area contributed by atoms with E-state index in [1.165, 1.54) is 4.70 Å². The van der Waals surface area contributed by atoms with Gasteiger partial charge in [-0.3, -0.25) is 4.98 Å². The quantitative estimate of drug-likeness (QED) is 0.677. The number of aliphatic hydroxyl groups excluding tert-OH is 1. The van der Waals surface area contributed by atoms with Crippen LogP contribution in [0.4, 0.5) is 0 Å². The lowest BCUT2D eigenvalue weighted by Crippen LogP contribution is -2.21. The highest BCUT2D eigenvalue weighted by molar-refractivity contribution is 7.19. The second-order valence-corrected chi connectivity index (χ2v) is 6.37. The normalized spacial score (nSPS) is 12.6. The number of aromatic nitrogens is 1. The van der Waals surface area contributed by atoms with Crippen molar-refractivity contribution < 1.29 is 10.2 Å². The number of aryl methyl sites for hydroxylation is 1. The average Bonchev–Trinajstić information content (AvgIpc) is 2.94. The molecule has 0 spiro atoms. The predicted molar refractivity (Wildman–Crippen MR) is 89.1 cm³/mol. The molecule has 0 aliphatic carbocycles. The molecule has 0 bridgehead atoms. The van der Waals surface area contributed by atoms with Crippen molar-refractivity contribution in [1.82, 2.24) is 10.3 Å². The van der Waals surface area contributed by atoms with Gasteiger partial charge in [0, 0.05) is 28.4 Å². The van der Waals surface area contributed by atoms with Crippen LogP contribution in [0.25, 0.3) is 10.1 Å². The number of fused-ring (bicyclic) bond motifs is 1. The summed E-state index contributed by atoms with van der Waals surface area (Å²) in [6.45, 7) is 2.73. The minimum Gasteiger partial charge on any atom is -0.506 e. The van der Waals surface area contributed by atoms with Gasteiger partial charge < -0.3 is 15.5 Å². The lowest BCUT2D eigenvalue weighted by atomic mass is 10.2. The third kappa shape index (κ3) is 3.27. The van der Waals surface area contributed by atoms with E-state index in [2.05, 4.69) is 16.4 Å². The van der Waals surface area contributed by atoms with Crippen LogP contribution in [0.1, 0.15) is 22.4 Å². The van der Waals surface area contributed by atoms with E-state index >= 15 is 0 Å². The van der Waals surface area contributed by atoms with Crippen LogP contribution in [0.15, 0.2) is 42.5 Å². The standard InChI is InChI=1S/C17H18N2O2S/c1-11-6-7-14(20)13(19-11)9-18-10-15(21)17-8-12-4-2-3-5-16(12)22-17/h2-8,15,18,20-21H,9-10H2,1H3. The Morgan fingerprint density at radius 2 is 2.05 bits per heavy atom. The van der Waals surface area contributed by atoms with Gasteiger partial charge in [0.25, 0.3) is 0 Å². The van der Waals surface area contributed by atoms with Crippen molar-refractivity contribution in [2.24, 2.45) is 0 Å². The molecule has 4 nitrogen and oxygen atoms in total. The minimum absolute atomic E-state index is 0.175. The van der Waals surface area contributed by atoms with E-state index < -0.39 is 6.10 Å². The summed E-state index contributed by atoms with van der Waals surface area (Å²) in [7, 11) is 0. The number of rotatable bonds is 5. The molecule has 0 saturated carbocycles. The Kier molecular flexibility index (Phi) is 4.38. The maximum absolute atomic E-state index is 10.3. The number of hydrogen-bond acceptors (Lipinski definition) is 5. The molecule has 0 aliphatic heterocycles. The van der Waals surface area contributed by atoms with Gasteiger partial charge >= 0.3 is 0 Å². The smallest absolute Gasteiger partial charge is 0.138 e. The van der Waals surface area contributed by atoms with E-state index in [-0.39, 0.29) is 5.75 Å². The fourth-order valence-electron chi connectivity index (χ4n) is 2.33. The monoisotopic (exact) mass is 314 g/mol. The van der Waals surface area contributed by atoms with Crippen molar-refractivity contribution in [2.45, 2.75) is 19.6 Å². The Labute approximate surface area is 133 Å². The first-order valence-electron chi connectivity index (χ1n) is 7.16. The van der Waals surface area contributed by atoms with E-state index in [1.54, 1.807) is 23.5 Å². The Balaban J connectivity index is 1.62.